The lowest BCUT2D eigenvalue weighted by Gasteiger charge is -2.32. The van der Waals surface area contributed by atoms with Crippen molar-refractivity contribution >= 4 is 0 Å². The highest BCUT2D eigenvalue weighted by Gasteiger charge is 2.31. The summed E-state index contributed by atoms with van der Waals surface area (Å²) in [5, 5.41) is 6.59. The molecule has 13 heavy (non-hydrogen) atoms. The third-order valence-corrected chi connectivity index (χ3v) is 2.04. The van der Waals surface area contributed by atoms with E-state index in [1.807, 2.05) is 13.8 Å². The number of ether oxygens (including phenoxy) is 2. The van der Waals surface area contributed by atoms with E-state index in [2.05, 4.69) is 10.6 Å². The molecule has 1 aliphatic heterocycles. The molecule has 1 rings (SSSR count). The summed E-state index contributed by atoms with van der Waals surface area (Å²) in [6, 6.07) is 0. The number of hydrogen-bond acceptors (Lipinski definition) is 4. The largest absolute Gasteiger partial charge is 0.337 e. The Morgan fingerprint density at radius 1 is 1.15 bits per heavy atom. The van der Waals surface area contributed by atoms with Crippen molar-refractivity contribution in [2.75, 3.05) is 32.8 Å². The Morgan fingerprint density at radius 2 is 1.85 bits per heavy atom. The Hall–Kier alpha value is -0.160. The maximum absolute atomic E-state index is 5.60. The molecular weight excluding hydrogens is 168 g/mol. The SMILES string of the molecule is CCOC1(OCC)CNCCCN1. The van der Waals surface area contributed by atoms with Crippen LogP contribution in [0, 0.1) is 0 Å². The predicted octanol–water partition coefficient (Wildman–Crippen LogP) is 0.296. The molecule has 1 fully saturated rings. The van der Waals surface area contributed by atoms with Gasteiger partial charge in [0.05, 0.1) is 6.54 Å². The Labute approximate surface area is 80.0 Å². The van der Waals surface area contributed by atoms with Gasteiger partial charge in [0.2, 0.25) is 5.91 Å². The first-order valence-electron chi connectivity index (χ1n) is 5.06. The molecule has 0 aromatic heterocycles. The fourth-order valence-electron chi connectivity index (χ4n) is 1.52. The quantitative estimate of drug-likeness (QED) is 0.623. The number of nitrogens with one attached hydrogen (secondary N) is 2. The van der Waals surface area contributed by atoms with Crippen molar-refractivity contribution in [1.82, 2.24) is 10.6 Å². The van der Waals surface area contributed by atoms with Gasteiger partial charge in [-0.15, -0.1) is 0 Å². The third-order valence-electron chi connectivity index (χ3n) is 2.04. The minimum atomic E-state index is -0.597. The van der Waals surface area contributed by atoms with Crippen LogP contribution in [-0.4, -0.2) is 38.8 Å². The van der Waals surface area contributed by atoms with Gasteiger partial charge in [0, 0.05) is 19.8 Å². The maximum atomic E-state index is 5.60. The van der Waals surface area contributed by atoms with Crippen molar-refractivity contribution in [2.24, 2.45) is 0 Å². The van der Waals surface area contributed by atoms with Gasteiger partial charge in [0.15, 0.2) is 0 Å². The molecule has 0 aliphatic carbocycles. The molecule has 4 heteroatoms. The van der Waals surface area contributed by atoms with Crippen LogP contribution in [0.25, 0.3) is 0 Å². The first-order valence-corrected chi connectivity index (χ1v) is 5.06. The molecule has 0 spiro atoms. The average molecular weight is 188 g/mol. The smallest absolute Gasteiger partial charge is 0.240 e. The Morgan fingerprint density at radius 3 is 2.46 bits per heavy atom. The summed E-state index contributed by atoms with van der Waals surface area (Å²) in [6.45, 7) is 7.96. The highest BCUT2D eigenvalue weighted by atomic mass is 16.7. The molecule has 0 atom stereocenters. The maximum Gasteiger partial charge on any atom is 0.240 e. The number of rotatable bonds is 4. The van der Waals surface area contributed by atoms with Crippen molar-refractivity contribution in [3.05, 3.63) is 0 Å². The monoisotopic (exact) mass is 188 g/mol. The fraction of sp³-hybridized carbons (Fsp3) is 1.00. The van der Waals surface area contributed by atoms with Gasteiger partial charge in [0.1, 0.15) is 0 Å². The zero-order valence-electron chi connectivity index (χ0n) is 8.56. The lowest BCUT2D eigenvalue weighted by atomic mass is 10.4. The summed E-state index contributed by atoms with van der Waals surface area (Å²) in [6.07, 6.45) is 1.11. The summed E-state index contributed by atoms with van der Waals surface area (Å²) in [4.78, 5) is 0. The van der Waals surface area contributed by atoms with Crippen LogP contribution in [0.2, 0.25) is 0 Å². The van der Waals surface area contributed by atoms with Gasteiger partial charge < -0.3 is 14.8 Å². The summed E-state index contributed by atoms with van der Waals surface area (Å²) in [5.41, 5.74) is 0. The van der Waals surface area contributed by atoms with Crippen LogP contribution in [0.3, 0.4) is 0 Å². The molecule has 0 saturated carbocycles. The van der Waals surface area contributed by atoms with Crippen LogP contribution >= 0.6 is 0 Å². The van der Waals surface area contributed by atoms with E-state index in [0.29, 0.717) is 19.8 Å². The molecule has 4 nitrogen and oxygen atoms in total. The summed E-state index contributed by atoms with van der Waals surface area (Å²) >= 11 is 0. The molecule has 78 valence electrons. The van der Waals surface area contributed by atoms with Crippen LogP contribution in [0.1, 0.15) is 20.3 Å². The second kappa shape index (κ2) is 5.54. The van der Waals surface area contributed by atoms with Crippen molar-refractivity contribution < 1.29 is 9.47 Å². The van der Waals surface area contributed by atoms with Crippen molar-refractivity contribution in [3.63, 3.8) is 0 Å². The van der Waals surface area contributed by atoms with Crippen molar-refractivity contribution in [2.45, 2.75) is 26.2 Å². The van der Waals surface area contributed by atoms with Crippen LogP contribution < -0.4 is 10.6 Å². The van der Waals surface area contributed by atoms with Gasteiger partial charge in [-0.05, 0) is 26.8 Å². The van der Waals surface area contributed by atoms with Gasteiger partial charge in [-0.1, -0.05) is 0 Å². The topological polar surface area (TPSA) is 42.5 Å². The Kier molecular flexibility index (Phi) is 4.66. The molecule has 1 saturated heterocycles. The molecule has 1 heterocycles. The first kappa shape index (κ1) is 10.9. The highest BCUT2D eigenvalue weighted by molar-refractivity contribution is 4.74. The normalized spacial score (nSPS) is 22.6. The van der Waals surface area contributed by atoms with Crippen LogP contribution in [-0.2, 0) is 9.47 Å². The van der Waals surface area contributed by atoms with E-state index < -0.39 is 5.91 Å². The standard InChI is InChI=1S/C9H20N2O2/c1-3-12-9(13-4-2)8-10-6-5-7-11-9/h10-11H,3-8H2,1-2H3. The van der Waals surface area contributed by atoms with Crippen LogP contribution in [0.4, 0.5) is 0 Å². The minimum absolute atomic E-state index is 0.597. The van der Waals surface area contributed by atoms with Gasteiger partial charge in [-0.3, -0.25) is 5.32 Å². The molecule has 0 unspecified atom stereocenters. The summed E-state index contributed by atoms with van der Waals surface area (Å²) in [7, 11) is 0. The molecule has 0 aromatic rings. The van der Waals surface area contributed by atoms with E-state index in [-0.39, 0.29) is 0 Å². The first-order chi connectivity index (χ1) is 6.33. The molecular formula is C9H20N2O2. The van der Waals surface area contributed by atoms with E-state index in [1.54, 1.807) is 0 Å². The van der Waals surface area contributed by atoms with Gasteiger partial charge in [-0.2, -0.15) is 0 Å². The molecule has 0 radical (unpaired) electrons. The zero-order chi connectivity index (χ0) is 9.57. The summed E-state index contributed by atoms with van der Waals surface area (Å²) in [5.74, 6) is -0.597. The summed E-state index contributed by atoms with van der Waals surface area (Å²) < 4.78 is 11.2. The van der Waals surface area contributed by atoms with Crippen LogP contribution in [0.15, 0.2) is 0 Å². The third kappa shape index (κ3) is 3.23. The van der Waals surface area contributed by atoms with E-state index in [0.717, 1.165) is 19.5 Å². The van der Waals surface area contributed by atoms with E-state index >= 15 is 0 Å². The van der Waals surface area contributed by atoms with Crippen molar-refractivity contribution in [3.8, 4) is 0 Å². The molecule has 2 N–H and O–H groups in total. The van der Waals surface area contributed by atoms with Crippen LogP contribution in [0.5, 0.6) is 0 Å². The lowest BCUT2D eigenvalue weighted by molar-refractivity contribution is -0.246. The molecule has 0 bridgehead atoms. The fourth-order valence-corrected chi connectivity index (χ4v) is 1.52. The average Bonchev–Trinajstić information content (AvgIpc) is 2.32. The molecule has 1 aliphatic rings. The minimum Gasteiger partial charge on any atom is -0.337 e. The number of hydrogen-bond donors (Lipinski definition) is 2. The Balaban J connectivity index is 2.50. The molecule has 0 amide bonds. The van der Waals surface area contributed by atoms with Gasteiger partial charge in [0.25, 0.3) is 0 Å². The van der Waals surface area contributed by atoms with E-state index in [4.69, 9.17) is 9.47 Å². The van der Waals surface area contributed by atoms with E-state index in [9.17, 15) is 0 Å². The van der Waals surface area contributed by atoms with Crippen molar-refractivity contribution in [1.29, 1.82) is 0 Å². The zero-order valence-corrected chi connectivity index (χ0v) is 8.56. The predicted molar refractivity (Wildman–Crippen MR) is 51.5 cm³/mol. The lowest BCUT2D eigenvalue weighted by Crippen LogP contribution is -2.55. The van der Waals surface area contributed by atoms with Gasteiger partial charge >= 0.3 is 0 Å². The second-order valence-electron chi connectivity index (χ2n) is 3.08. The molecule has 0 aromatic carbocycles. The highest BCUT2D eigenvalue weighted by Crippen LogP contribution is 2.10. The Bertz CT molecular complexity index is 126. The van der Waals surface area contributed by atoms with Gasteiger partial charge in [-0.25, -0.2) is 0 Å². The second-order valence-corrected chi connectivity index (χ2v) is 3.08. The van der Waals surface area contributed by atoms with E-state index in [1.165, 1.54) is 0 Å².